The molecule has 0 bridgehead atoms. The lowest BCUT2D eigenvalue weighted by Gasteiger charge is -2.13. The van der Waals surface area contributed by atoms with Crippen molar-refractivity contribution in [2.45, 2.75) is 30.7 Å². The number of para-hydroxylation sites is 1. The molecule has 0 saturated heterocycles. The highest BCUT2D eigenvalue weighted by molar-refractivity contribution is 7.89. The van der Waals surface area contributed by atoms with Gasteiger partial charge in [-0.25, -0.2) is 13.1 Å². The molecule has 26 heavy (non-hydrogen) atoms. The Balaban J connectivity index is 1.83. The summed E-state index contributed by atoms with van der Waals surface area (Å²) in [7, 11) is -3.63. The van der Waals surface area contributed by atoms with Gasteiger partial charge in [0, 0.05) is 11.6 Å². The largest absolute Gasteiger partial charge is 0.490 e. The van der Waals surface area contributed by atoms with Crippen LogP contribution < -0.4 is 14.8 Å². The number of amides is 1. The van der Waals surface area contributed by atoms with Crippen LogP contribution in [-0.4, -0.2) is 27.0 Å². The van der Waals surface area contributed by atoms with E-state index in [0.717, 1.165) is 12.8 Å². The van der Waals surface area contributed by atoms with Gasteiger partial charge in [-0.3, -0.25) is 4.79 Å². The van der Waals surface area contributed by atoms with Gasteiger partial charge in [0.2, 0.25) is 10.0 Å². The Kier molecular flexibility index (Phi) is 5.50. The molecule has 0 heterocycles. The summed E-state index contributed by atoms with van der Waals surface area (Å²) in [6.07, 6.45) is 1.68. The van der Waals surface area contributed by atoms with Crippen molar-refractivity contribution < 1.29 is 17.9 Å². The van der Waals surface area contributed by atoms with Crippen LogP contribution in [0.25, 0.3) is 0 Å². The highest BCUT2D eigenvalue weighted by Gasteiger charge is 2.28. The van der Waals surface area contributed by atoms with Gasteiger partial charge in [0.05, 0.1) is 22.2 Å². The fraction of sp³-hybridized carbons (Fsp3) is 0.278. The number of sulfonamides is 1. The van der Waals surface area contributed by atoms with Crippen molar-refractivity contribution in [1.82, 2.24) is 4.72 Å². The van der Waals surface area contributed by atoms with E-state index in [4.69, 9.17) is 16.3 Å². The van der Waals surface area contributed by atoms with E-state index in [2.05, 4.69) is 10.0 Å². The Hall–Kier alpha value is -2.09. The zero-order valence-electron chi connectivity index (χ0n) is 14.2. The zero-order valence-corrected chi connectivity index (χ0v) is 15.7. The molecule has 0 spiro atoms. The van der Waals surface area contributed by atoms with Crippen molar-refractivity contribution in [2.75, 3.05) is 11.9 Å². The predicted octanol–water partition coefficient (Wildman–Crippen LogP) is 3.43. The summed E-state index contributed by atoms with van der Waals surface area (Å²) < 4.78 is 32.7. The zero-order chi connectivity index (χ0) is 18.7. The molecule has 2 aromatic carbocycles. The molecule has 0 atom stereocenters. The van der Waals surface area contributed by atoms with E-state index in [9.17, 15) is 13.2 Å². The van der Waals surface area contributed by atoms with E-state index in [0.29, 0.717) is 23.1 Å². The topological polar surface area (TPSA) is 84.5 Å². The van der Waals surface area contributed by atoms with Crippen molar-refractivity contribution in [3.8, 4) is 5.75 Å². The first-order valence-electron chi connectivity index (χ1n) is 8.26. The number of carbonyl (C=O) groups excluding carboxylic acids is 1. The number of hydrogen-bond acceptors (Lipinski definition) is 4. The van der Waals surface area contributed by atoms with Crippen LogP contribution in [0, 0.1) is 0 Å². The molecule has 1 fully saturated rings. The molecule has 1 aliphatic carbocycles. The second-order valence-electron chi connectivity index (χ2n) is 5.93. The molecule has 0 unspecified atom stereocenters. The van der Waals surface area contributed by atoms with Crippen LogP contribution in [0.3, 0.4) is 0 Å². The number of halogens is 1. The first-order chi connectivity index (χ1) is 12.4. The fourth-order valence-corrected chi connectivity index (χ4v) is 3.97. The van der Waals surface area contributed by atoms with Gasteiger partial charge in [0.1, 0.15) is 0 Å². The van der Waals surface area contributed by atoms with Gasteiger partial charge >= 0.3 is 0 Å². The summed E-state index contributed by atoms with van der Waals surface area (Å²) in [4.78, 5) is 12.6. The first-order valence-corrected chi connectivity index (χ1v) is 10.1. The molecule has 3 rings (SSSR count). The molecular formula is C18H19ClN2O4S. The number of anilines is 1. The van der Waals surface area contributed by atoms with Crippen LogP contribution in [0.5, 0.6) is 5.75 Å². The quantitative estimate of drug-likeness (QED) is 0.753. The average molecular weight is 395 g/mol. The summed E-state index contributed by atoms with van der Waals surface area (Å²) in [5.41, 5.74) is 0.653. The Morgan fingerprint density at radius 3 is 2.65 bits per heavy atom. The SMILES string of the molecule is CCOc1c(Cl)cccc1NC(=O)c1cccc(S(=O)(=O)NC2CC2)c1. The van der Waals surface area contributed by atoms with Gasteiger partial charge in [-0.05, 0) is 50.1 Å². The van der Waals surface area contributed by atoms with Gasteiger partial charge in [0.15, 0.2) is 5.75 Å². The van der Waals surface area contributed by atoms with Gasteiger partial charge in [0.25, 0.3) is 5.91 Å². The molecule has 8 heteroatoms. The summed E-state index contributed by atoms with van der Waals surface area (Å²) in [5.74, 6) is -0.0686. The van der Waals surface area contributed by atoms with E-state index < -0.39 is 15.9 Å². The maximum absolute atomic E-state index is 12.6. The molecule has 1 amide bonds. The second-order valence-corrected chi connectivity index (χ2v) is 8.05. The minimum atomic E-state index is -3.63. The average Bonchev–Trinajstić information content (AvgIpc) is 3.41. The Morgan fingerprint density at radius 1 is 1.23 bits per heavy atom. The molecule has 0 aliphatic heterocycles. The van der Waals surface area contributed by atoms with E-state index in [1.807, 2.05) is 6.92 Å². The Labute approximate surface area is 157 Å². The fourth-order valence-electron chi connectivity index (χ4n) is 2.39. The standard InChI is InChI=1S/C18H19ClN2O4S/c1-2-25-17-15(19)7-4-8-16(17)20-18(22)12-5-3-6-14(11-12)26(23,24)21-13-9-10-13/h3-8,11,13,21H,2,9-10H2,1H3,(H,20,22). The van der Waals surface area contributed by atoms with Gasteiger partial charge in [-0.2, -0.15) is 0 Å². The monoisotopic (exact) mass is 394 g/mol. The third kappa shape index (κ3) is 4.35. The summed E-state index contributed by atoms with van der Waals surface area (Å²) in [6.45, 7) is 2.21. The Bertz CT molecular complexity index is 927. The summed E-state index contributed by atoms with van der Waals surface area (Å²) >= 11 is 6.11. The van der Waals surface area contributed by atoms with Crippen molar-refractivity contribution in [1.29, 1.82) is 0 Å². The van der Waals surface area contributed by atoms with Gasteiger partial charge < -0.3 is 10.1 Å². The number of hydrogen-bond donors (Lipinski definition) is 2. The third-order valence-corrected chi connectivity index (χ3v) is 5.63. The lowest BCUT2D eigenvalue weighted by Crippen LogP contribution is -2.26. The third-order valence-electron chi connectivity index (χ3n) is 3.81. The predicted molar refractivity (Wildman–Crippen MR) is 100 cm³/mol. The van der Waals surface area contributed by atoms with Crippen molar-refractivity contribution in [3.05, 3.63) is 53.1 Å². The van der Waals surface area contributed by atoms with E-state index in [1.165, 1.54) is 18.2 Å². The number of carbonyl (C=O) groups is 1. The Morgan fingerprint density at radius 2 is 1.96 bits per heavy atom. The summed E-state index contributed by atoms with van der Waals surface area (Å²) in [5, 5.41) is 3.10. The van der Waals surface area contributed by atoms with E-state index in [1.54, 1.807) is 24.3 Å². The van der Waals surface area contributed by atoms with E-state index in [-0.39, 0.29) is 16.5 Å². The minimum absolute atomic E-state index is 0.00214. The molecule has 2 N–H and O–H groups in total. The summed E-state index contributed by atoms with van der Waals surface area (Å²) in [6, 6.07) is 10.9. The van der Waals surface area contributed by atoms with E-state index >= 15 is 0 Å². The van der Waals surface area contributed by atoms with Crippen molar-refractivity contribution in [2.24, 2.45) is 0 Å². The van der Waals surface area contributed by atoms with Crippen molar-refractivity contribution in [3.63, 3.8) is 0 Å². The van der Waals surface area contributed by atoms with Crippen molar-refractivity contribution >= 4 is 33.2 Å². The first kappa shape index (κ1) is 18.7. The van der Waals surface area contributed by atoms with Crippen LogP contribution in [-0.2, 0) is 10.0 Å². The normalized spacial score (nSPS) is 14.1. The molecular weight excluding hydrogens is 376 g/mol. The highest BCUT2D eigenvalue weighted by atomic mass is 35.5. The molecule has 2 aromatic rings. The molecule has 0 aromatic heterocycles. The molecule has 1 saturated carbocycles. The number of ether oxygens (including phenoxy) is 1. The van der Waals surface area contributed by atoms with Gasteiger partial charge in [-0.15, -0.1) is 0 Å². The minimum Gasteiger partial charge on any atom is -0.490 e. The number of nitrogens with one attached hydrogen (secondary N) is 2. The van der Waals surface area contributed by atoms with Crippen LogP contribution in [0.4, 0.5) is 5.69 Å². The van der Waals surface area contributed by atoms with Crippen LogP contribution in [0.1, 0.15) is 30.1 Å². The van der Waals surface area contributed by atoms with Crippen LogP contribution in [0.15, 0.2) is 47.4 Å². The smallest absolute Gasteiger partial charge is 0.255 e. The van der Waals surface area contributed by atoms with Crippen LogP contribution in [0.2, 0.25) is 5.02 Å². The second kappa shape index (κ2) is 7.65. The number of benzene rings is 2. The molecule has 6 nitrogen and oxygen atoms in total. The molecule has 138 valence electrons. The van der Waals surface area contributed by atoms with Gasteiger partial charge in [-0.1, -0.05) is 23.7 Å². The molecule has 0 radical (unpaired) electrons. The maximum Gasteiger partial charge on any atom is 0.255 e. The van der Waals surface area contributed by atoms with Crippen LogP contribution >= 0.6 is 11.6 Å². The molecule has 1 aliphatic rings. The number of rotatable bonds is 7. The maximum atomic E-state index is 12.6. The highest BCUT2D eigenvalue weighted by Crippen LogP contribution is 2.33. The lowest BCUT2D eigenvalue weighted by molar-refractivity contribution is 0.102. The lowest BCUT2D eigenvalue weighted by atomic mass is 10.2.